The van der Waals surface area contributed by atoms with Gasteiger partial charge in [-0.1, -0.05) is 0 Å². The fraction of sp³-hybridized carbons (Fsp3) is 0.294. The molecular weight excluding hydrogens is 294 g/mol. The van der Waals surface area contributed by atoms with Crippen LogP contribution >= 0.6 is 0 Å². The van der Waals surface area contributed by atoms with Gasteiger partial charge in [-0.2, -0.15) is 4.98 Å². The number of hydrogen-bond acceptors (Lipinski definition) is 4. The van der Waals surface area contributed by atoms with Gasteiger partial charge in [0.25, 0.3) is 0 Å². The van der Waals surface area contributed by atoms with Crippen molar-refractivity contribution in [3.63, 3.8) is 0 Å². The van der Waals surface area contributed by atoms with Gasteiger partial charge in [-0.25, -0.2) is 4.79 Å². The van der Waals surface area contributed by atoms with Crippen molar-refractivity contribution in [3.05, 3.63) is 57.8 Å². The number of nitrogens with one attached hydrogen (secondary N) is 1. The second-order valence-electron chi connectivity index (χ2n) is 5.49. The molecule has 1 amide bonds. The molecule has 0 aliphatic rings. The lowest BCUT2D eigenvalue weighted by molar-refractivity contribution is -0.118. The summed E-state index contributed by atoms with van der Waals surface area (Å²) < 4.78 is 1.35. The van der Waals surface area contributed by atoms with Crippen molar-refractivity contribution in [1.82, 2.24) is 9.55 Å². The molecule has 6 heteroatoms. The number of aryl methyl sites for hydroxylation is 2. The van der Waals surface area contributed by atoms with Gasteiger partial charge in [-0.05, 0) is 58.0 Å². The van der Waals surface area contributed by atoms with Gasteiger partial charge in [0.15, 0.2) is 5.78 Å². The third-order valence-electron chi connectivity index (χ3n) is 3.60. The van der Waals surface area contributed by atoms with E-state index in [1.165, 1.54) is 11.5 Å². The average Bonchev–Trinajstić information content (AvgIpc) is 2.46. The Morgan fingerprint density at radius 1 is 1.17 bits per heavy atom. The van der Waals surface area contributed by atoms with Crippen LogP contribution in [0, 0.1) is 13.8 Å². The molecule has 1 aromatic heterocycles. The van der Waals surface area contributed by atoms with Gasteiger partial charge < -0.3 is 5.32 Å². The van der Waals surface area contributed by atoms with Crippen molar-refractivity contribution >= 4 is 17.4 Å². The number of aromatic nitrogens is 2. The number of carbonyl (C=O) groups is 2. The number of rotatable bonds is 4. The van der Waals surface area contributed by atoms with Crippen LogP contribution in [0.4, 0.5) is 5.69 Å². The molecule has 1 aromatic carbocycles. The van der Waals surface area contributed by atoms with Crippen LogP contribution in [0.5, 0.6) is 0 Å². The largest absolute Gasteiger partial charge is 0.348 e. The van der Waals surface area contributed by atoms with E-state index in [9.17, 15) is 14.4 Å². The van der Waals surface area contributed by atoms with Gasteiger partial charge in [0.2, 0.25) is 5.91 Å². The summed E-state index contributed by atoms with van der Waals surface area (Å²) in [6.07, 6.45) is 0. The van der Waals surface area contributed by atoms with Crippen molar-refractivity contribution < 1.29 is 9.59 Å². The van der Waals surface area contributed by atoms with E-state index in [2.05, 4.69) is 10.3 Å². The molecule has 6 nitrogen and oxygen atoms in total. The number of amides is 1. The highest BCUT2D eigenvalue weighted by Gasteiger charge is 2.18. The maximum atomic E-state index is 12.4. The zero-order valence-electron chi connectivity index (χ0n) is 13.6. The van der Waals surface area contributed by atoms with Gasteiger partial charge in [0, 0.05) is 22.6 Å². The minimum Gasteiger partial charge on any atom is -0.324 e. The van der Waals surface area contributed by atoms with Gasteiger partial charge in [0.05, 0.1) is 0 Å². The Labute approximate surface area is 134 Å². The summed E-state index contributed by atoms with van der Waals surface area (Å²) in [4.78, 5) is 39.5. The molecule has 2 aromatic rings. The van der Waals surface area contributed by atoms with Crippen LogP contribution in [0.1, 0.15) is 41.6 Å². The van der Waals surface area contributed by atoms with Crippen LogP contribution in [0.3, 0.4) is 0 Å². The SMILES string of the molecule is CC(=O)c1ccc(NC(=O)[C@H](C)n2c(C)cc(C)nc2=O)cc1. The van der Waals surface area contributed by atoms with E-state index in [0.717, 1.165) is 0 Å². The lowest BCUT2D eigenvalue weighted by Crippen LogP contribution is -2.34. The van der Waals surface area contributed by atoms with Gasteiger partial charge >= 0.3 is 5.69 Å². The van der Waals surface area contributed by atoms with Crippen LogP contribution in [-0.4, -0.2) is 21.2 Å². The molecular formula is C17H19N3O3. The predicted octanol–water partition coefficient (Wildman–Crippen LogP) is 2.26. The molecule has 0 aliphatic carbocycles. The van der Waals surface area contributed by atoms with Crippen LogP contribution in [0.25, 0.3) is 0 Å². The number of Topliss-reactive ketones (excluding diaryl/α,β-unsaturated/α-hetero) is 1. The Kier molecular flexibility index (Phi) is 4.74. The molecule has 0 unspecified atom stereocenters. The molecule has 0 spiro atoms. The monoisotopic (exact) mass is 313 g/mol. The Balaban J connectivity index is 2.20. The van der Waals surface area contributed by atoms with E-state index in [0.29, 0.717) is 22.6 Å². The highest BCUT2D eigenvalue weighted by molar-refractivity contribution is 5.96. The topological polar surface area (TPSA) is 81.1 Å². The van der Waals surface area contributed by atoms with Crippen molar-refractivity contribution in [2.75, 3.05) is 5.32 Å². The first-order chi connectivity index (χ1) is 10.8. The van der Waals surface area contributed by atoms with E-state index in [-0.39, 0.29) is 11.7 Å². The van der Waals surface area contributed by atoms with E-state index < -0.39 is 11.7 Å². The Morgan fingerprint density at radius 2 is 1.78 bits per heavy atom. The van der Waals surface area contributed by atoms with Crippen molar-refractivity contribution in [2.45, 2.75) is 33.7 Å². The number of nitrogens with zero attached hydrogens (tertiary/aromatic N) is 2. The van der Waals surface area contributed by atoms with Gasteiger partial charge in [-0.3, -0.25) is 14.2 Å². The van der Waals surface area contributed by atoms with Crippen LogP contribution in [-0.2, 0) is 4.79 Å². The minimum atomic E-state index is -0.692. The molecule has 120 valence electrons. The number of carbonyl (C=O) groups excluding carboxylic acids is 2. The Hall–Kier alpha value is -2.76. The van der Waals surface area contributed by atoms with E-state index in [1.54, 1.807) is 51.1 Å². The lowest BCUT2D eigenvalue weighted by atomic mass is 10.1. The average molecular weight is 313 g/mol. The number of ketones is 1. The maximum absolute atomic E-state index is 12.4. The molecule has 1 heterocycles. The standard InChI is InChI=1S/C17H19N3O3/c1-10-9-11(2)20(17(23)18-10)12(3)16(22)19-15-7-5-14(6-8-15)13(4)21/h5-9,12H,1-4H3,(H,19,22)/t12-/m0/s1. The smallest absolute Gasteiger partial charge is 0.324 e. The first-order valence-electron chi connectivity index (χ1n) is 7.28. The normalized spacial score (nSPS) is 11.8. The molecule has 0 fully saturated rings. The fourth-order valence-corrected chi connectivity index (χ4v) is 2.38. The summed E-state index contributed by atoms with van der Waals surface area (Å²) in [5.74, 6) is -0.361. The molecule has 0 radical (unpaired) electrons. The second-order valence-corrected chi connectivity index (χ2v) is 5.49. The molecule has 1 N–H and O–H groups in total. The van der Waals surface area contributed by atoms with Crippen LogP contribution in [0.15, 0.2) is 35.1 Å². The first kappa shape index (κ1) is 16.6. The van der Waals surface area contributed by atoms with E-state index >= 15 is 0 Å². The van der Waals surface area contributed by atoms with Gasteiger partial charge in [-0.15, -0.1) is 0 Å². The van der Waals surface area contributed by atoms with Crippen molar-refractivity contribution in [3.8, 4) is 0 Å². The molecule has 0 saturated carbocycles. The van der Waals surface area contributed by atoms with Gasteiger partial charge in [0.1, 0.15) is 6.04 Å². The minimum absolute atomic E-state index is 0.0378. The molecule has 1 atom stereocenters. The number of hydrogen-bond donors (Lipinski definition) is 1. The highest BCUT2D eigenvalue weighted by atomic mass is 16.2. The van der Waals surface area contributed by atoms with E-state index in [4.69, 9.17) is 0 Å². The molecule has 0 saturated heterocycles. The summed E-state index contributed by atoms with van der Waals surface area (Å²) >= 11 is 0. The third kappa shape index (κ3) is 3.71. The molecule has 0 aliphatic heterocycles. The third-order valence-corrected chi connectivity index (χ3v) is 3.60. The fourth-order valence-electron chi connectivity index (χ4n) is 2.38. The first-order valence-corrected chi connectivity index (χ1v) is 7.28. The van der Waals surface area contributed by atoms with Crippen LogP contribution < -0.4 is 11.0 Å². The molecule has 23 heavy (non-hydrogen) atoms. The molecule has 0 bridgehead atoms. The summed E-state index contributed by atoms with van der Waals surface area (Å²) in [5, 5.41) is 2.74. The summed E-state index contributed by atoms with van der Waals surface area (Å²) in [5.41, 5.74) is 1.99. The number of anilines is 1. The maximum Gasteiger partial charge on any atom is 0.348 e. The number of benzene rings is 1. The Bertz CT molecular complexity index is 807. The van der Waals surface area contributed by atoms with E-state index in [1.807, 2.05) is 0 Å². The predicted molar refractivity (Wildman–Crippen MR) is 87.8 cm³/mol. The second kappa shape index (κ2) is 6.56. The molecule has 2 rings (SSSR count). The summed E-state index contributed by atoms with van der Waals surface area (Å²) in [6.45, 7) is 6.63. The van der Waals surface area contributed by atoms with Crippen molar-refractivity contribution in [2.24, 2.45) is 0 Å². The summed E-state index contributed by atoms with van der Waals surface area (Å²) in [7, 11) is 0. The van der Waals surface area contributed by atoms with Crippen molar-refractivity contribution in [1.29, 1.82) is 0 Å². The van der Waals surface area contributed by atoms with Crippen LogP contribution in [0.2, 0.25) is 0 Å². The Morgan fingerprint density at radius 3 is 2.30 bits per heavy atom. The summed E-state index contributed by atoms with van der Waals surface area (Å²) in [6, 6.07) is 7.67. The highest BCUT2D eigenvalue weighted by Crippen LogP contribution is 2.14. The zero-order valence-corrected chi connectivity index (χ0v) is 13.6. The lowest BCUT2D eigenvalue weighted by Gasteiger charge is -2.17. The quantitative estimate of drug-likeness (QED) is 0.878. The zero-order chi connectivity index (χ0) is 17.1.